The van der Waals surface area contributed by atoms with Crippen LogP contribution in [0.25, 0.3) is 11.3 Å². The second kappa shape index (κ2) is 8.88. The SMILES string of the molecule is COc1cc(-c2ccc(C(F)(F)F)cn2)cc2c1OCCN(S(=O)(=O)c1cc(F)ccc1C)C2. The molecule has 4 rings (SSSR count). The summed E-state index contributed by atoms with van der Waals surface area (Å²) >= 11 is 0. The Labute approximate surface area is 193 Å². The van der Waals surface area contributed by atoms with Crippen LogP contribution in [0.3, 0.4) is 0 Å². The Balaban J connectivity index is 1.75. The summed E-state index contributed by atoms with van der Waals surface area (Å²) in [5.74, 6) is -0.0600. The summed E-state index contributed by atoms with van der Waals surface area (Å²) in [6.45, 7) is 1.49. The molecule has 1 aliphatic heterocycles. The molecule has 0 unspecified atom stereocenters. The van der Waals surface area contributed by atoms with Crippen molar-refractivity contribution >= 4 is 10.0 Å². The van der Waals surface area contributed by atoms with Crippen molar-refractivity contribution in [3.05, 3.63) is 71.2 Å². The minimum Gasteiger partial charge on any atom is -0.493 e. The highest BCUT2D eigenvalue weighted by molar-refractivity contribution is 7.89. The third-order valence-corrected chi connectivity index (χ3v) is 7.43. The van der Waals surface area contributed by atoms with E-state index in [0.717, 1.165) is 18.3 Å². The summed E-state index contributed by atoms with van der Waals surface area (Å²) in [5, 5.41) is 0. The molecule has 3 aromatic rings. The number of pyridine rings is 1. The number of alkyl halides is 3. The molecule has 0 spiro atoms. The molecule has 6 nitrogen and oxygen atoms in total. The molecule has 0 bridgehead atoms. The molecule has 1 aromatic heterocycles. The van der Waals surface area contributed by atoms with E-state index in [1.165, 1.54) is 29.6 Å². The van der Waals surface area contributed by atoms with Gasteiger partial charge in [0.05, 0.1) is 23.3 Å². The molecule has 11 heteroatoms. The van der Waals surface area contributed by atoms with Crippen molar-refractivity contribution in [3.63, 3.8) is 0 Å². The summed E-state index contributed by atoms with van der Waals surface area (Å²) in [6.07, 6.45) is -3.79. The van der Waals surface area contributed by atoms with E-state index in [0.29, 0.717) is 22.4 Å². The maximum Gasteiger partial charge on any atom is 0.417 e. The molecule has 1 aliphatic rings. The summed E-state index contributed by atoms with van der Waals surface area (Å²) in [6, 6.07) is 8.85. The van der Waals surface area contributed by atoms with Gasteiger partial charge in [-0.05, 0) is 48.9 Å². The monoisotopic (exact) mass is 496 g/mol. The summed E-state index contributed by atoms with van der Waals surface area (Å²) in [4.78, 5) is 3.76. The lowest BCUT2D eigenvalue weighted by molar-refractivity contribution is -0.137. The number of halogens is 4. The van der Waals surface area contributed by atoms with Gasteiger partial charge in [-0.15, -0.1) is 0 Å². The maximum atomic E-state index is 13.8. The van der Waals surface area contributed by atoms with E-state index in [4.69, 9.17) is 9.47 Å². The largest absolute Gasteiger partial charge is 0.493 e. The van der Waals surface area contributed by atoms with Crippen LogP contribution < -0.4 is 9.47 Å². The maximum absolute atomic E-state index is 13.8. The molecule has 0 atom stereocenters. The molecule has 2 aromatic carbocycles. The fourth-order valence-corrected chi connectivity index (χ4v) is 5.33. The second-order valence-corrected chi connectivity index (χ2v) is 9.60. The number of benzene rings is 2. The summed E-state index contributed by atoms with van der Waals surface area (Å²) < 4.78 is 91.5. The van der Waals surface area contributed by atoms with E-state index < -0.39 is 27.6 Å². The number of hydrogen-bond donors (Lipinski definition) is 0. The minimum atomic E-state index is -4.52. The molecule has 0 N–H and O–H groups in total. The molecule has 0 radical (unpaired) electrons. The van der Waals surface area contributed by atoms with Crippen LogP contribution in [0.4, 0.5) is 17.6 Å². The molecular formula is C23H20F4N2O4S. The van der Waals surface area contributed by atoms with Crippen molar-refractivity contribution in [1.82, 2.24) is 9.29 Å². The van der Waals surface area contributed by atoms with E-state index in [1.807, 2.05) is 0 Å². The van der Waals surface area contributed by atoms with Crippen LogP contribution in [0.1, 0.15) is 16.7 Å². The minimum absolute atomic E-state index is 0.00395. The van der Waals surface area contributed by atoms with Crippen LogP contribution in [0.5, 0.6) is 11.5 Å². The Bertz CT molecular complexity index is 1330. The quantitative estimate of drug-likeness (QED) is 0.485. The van der Waals surface area contributed by atoms with Gasteiger partial charge in [-0.1, -0.05) is 6.07 Å². The van der Waals surface area contributed by atoms with Crippen molar-refractivity contribution in [3.8, 4) is 22.8 Å². The molecule has 180 valence electrons. The Hall–Kier alpha value is -3.18. The Morgan fingerprint density at radius 3 is 2.53 bits per heavy atom. The van der Waals surface area contributed by atoms with E-state index in [1.54, 1.807) is 19.1 Å². The van der Waals surface area contributed by atoms with Crippen LogP contribution in [0, 0.1) is 12.7 Å². The van der Waals surface area contributed by atoms with Crippen LogP contribution in [-0.4, -0.2) is 38.0 Å². The van der Waals surface area contributed by atoms with Gasteiger partial charge < -0.3 is 9.47 Å². The lowest BCUT2D eigenvalue weighted by Crippen LogP contribution is -2.33. The fraction of sp³-hybridized carbons (Fsp3) is 0.261. The first-order valence-corrected chi connectivity index (χ1v) is 11.6. The number of hydrogen-bond acceptors (Lipinski definition) is 5. The van der Waals surface area contributed by atoms with Crippen molar-refractivity contribution in [1.29, 1.82) is 0 Å². The van der Waals surface area contributed by atoms with Gasteiger partial charge in [-0.2, -0.15) is 17.5 Å². The molecule has 0 saturated carbocycles. The number of sulfonamides is 1. The third kappa shape index (κ3) is 4.58. The smallest absolute Gasteiger partial charge is 0.417 e. The van der Waals surface area contributed by atoms with Crippen LogP contribution in [0.15, 0.2) is 53.6 Å². The van der Waals surface area contributed by atoms with Gasteiger partial charge in [0.2, 0.25) is 10.0 Å². The lowest BCUT2D eigenvalue weighted by atomic mass is 10.0. The van der Waals surface area contributed by atoms with Gasteiger partial charge in [0.15, 0.2) is 11.5 Å². The zero-order valence-corrected chi connectivity index (χ0v) is 19.0. The van der Waals surface area contributed by atoms with Crippen molar-refractivity contribution in [2.45, 2.75) is 24.5 Å². The third-order valence-electron chi connectivity index (χ3n) is 5.44. The summed E-state index contributed by atoms with van der Waals surface area (Å²) in [7, 11) is -2.67. The van der Waals surface area contributed by atoms with Crippen molar-refractivity contribution in [2.75, 3.05) is 20.3 Å². The standard InChI is InChI=1S/C23H20F4N2O4S/c1-14-3-5-18(24)11-21(14)34(30,31)29-7-8-33-22-16(13-29)9-15(10-20(22)32-2)19-6-4-17(12-28-19)23(25,26)27/h3-6,9-12H,7-8,13H2,1-2H3. The van der Waals surface area contributed by atoms with Crippen molar-refractivity contribution in [2.24, 2.45) is 0 Å². The van der Waals surface area contributed by atoms with Crippen LogP contribution >= 0.6 is 0 Å². The average Bonchev–Trinajstić information content (AvgIpc) is 3.02. The van der Waals surface area contributed by atoms with Gasteiger partial charge in [0.1, 0.15) is 12.4 Å². The van der Waals surface area contributed by atoms with Gasteiger partial charge >= 0.3 is 6.18 Å². The van der Waals surface area contributed by atoms with Crippen LogP contribution in [0.2, 0.25) is 0 Å². The number of methoxy groups -OCH3 is 1. The second-order valence-electron chi connectivity index (χ2n) is 7.69. The van der Waals surface area contributed by atoms with Gasteiger partial charge in [-0.3, -0.25) is 4.98 Å². The number of aryl methyl sites for hydroxylation is 1. The summed E-state index contributed by atoms with van der Waals surface area (Å²) in [5.41, 5.74) is 0.616. The van der Waals surface area contributed by atoms with Gasteiger partial charge in [-0.25, -0.2) is 12.8 Å². The van der Waals surface area contributed by atoms with Crippen molar-refractivity contribution < 1.29 is 35.5 Å². The van der Waals surface area contributed by atoms with E-state index in [-0.39, 0.29) is 36.0 Å². The molecular weight excluding hydrogens is 476 g/mol. The normalized spacial score (nSPS) is 14.8. The predicted molar refractivity (Wildman–Crippen MR) is 115 cm³/mol. The Morgan fingerprint density at radius 1 is 1.12 bits per heavy atom. The molecule has 0 fully saturated rings. The highest BCUT2D eigenvalue weighted by Gasteiger charge is 2.32. The molecule has 2 heterocycles. The molecule has 0 aliphatic carbocycles. The number of nitrogens with zero attached hydrogens (tertiary/aromatic N) is 2. The van der Waals surface area contributed by atoms with Gasteiger partial charge in [0.25, 0.3) is 0 Å². The topological polar surface area (TPSA) is 68.7 Å². The Morgan fingerprint density at radius 2 is 1.88 bits per heavy atom. The molecule has 0 amide bonds. The zero-order valence-electron chi connectivity index (χ0n) is 18.2. The van der Waals surface area contributed by atoms with Crippen LogP contribution in [-0.2, 0) is 22.7 Å². The number of rotatable bonds is 4. The molecule has 34 heavy (non-hydrogen) atoms. The van der Waals surface area contributed by atoms with Gasteiger partial charge in [0, 0.05) is 30.4 Å². The number of ether oxygens (including phenoxy) is 2. The Kier molecular flexibility index (Phi) is 6.26. The first kappa shape index (κ1) is 24.0. The van der Waals surface area contributed by atoms with E-state index >= 15 is 0 Å². The molecule has 0 saturated heterocycles. The highest BCUT2D eigenvalue weighted by Crippen LogP contribution is 2.39. The number of aromatic nitrogens is 1. The highest BCUT2D eigenvalue weighted by atomic mass is 32.2. The first-order chi connectivity index (χ1) is 16.0. The average molecular weight is 496 g/mol. The number of fused-ring (bicyclic) bond motifs is 1. The zero-order chi connectivity index (χ0) is 24.7. The predicted octanol–water partition coefficient (Wildman–Crippen LogP) is 4.81. The van der Waals surface area contributed by atoms with E-state index in [2.05, 4.69) is 4.98 Å². The fourth-order valence-electron chi connectivity index (χ4n) is 3.69. The van der Waals surface area contributed by atoms with E-state index in [9.17, 15) is 26.0 Å². The first-order valence-electron chi connectivity index (χ1n) is 10.1. The lowest BCUT2D eigenvalue weighted by Gasteiger charge is -2.21.